The Morgan fingerprint density at radius 1 is 1.09 bits per heavy atom. The molecule has 0 aromatic carbocycles. The number of hydrogen-bond donors (Lipinski definition) is 3. The lowest BCUT2D eigenvalue weighted by Crippen LogP contribution is -2.27. The van der Waals surface area contributed by atoms with Crippen molar-refractivity contribution in [3.05, 3.63) is 11.3 Å². The minimum atomic E-state index is 0.739. The second-order valence-electron chi connectivity index (χ2n) is 2.27. The van der Waals surface area contributed by atoms with Gasteiger partial charge in [-0.1, -0.05) is 0 Å². The molecule has 0 saturated heterocycles. The molecule has 0 unspecified atom stereocenters. The molecule has 0 fully saturated rings. The van der Waals surface area contributed by atoms with Gasteiger partial charge < -0.3 is 20.9 Å². The molecule has 0 aromatic rings. The van der Waals surface area contributed by atoms with Gasteiger partial charge in [0.05, 0.1) is 5.70 Å². The third kappa shape index (κ3) is 1.31. The molecule has 0 aliphatic carbocycles. The molecule has 0 bridgehead atoms. The van der Waals surface area contributed by atoms with Crippen molar-refractivity contribution in [2.24, 2.45) is 4.90 Å². The lowest BCUT2D eigenvalue weighted by Gasteiger charge is -2.08. The molecule has 1 rings (SSSR count). The smallest absolute Gasteiger partial charge is 0.317 e. The molecule has 0 atom stereocenters. The summed E-state index contributed by atoms with van der Waals surface area (Å²) >= 11 is 0. The van der Waals surface area contributed by atoms with Gasteiger partial charge in [-0.05, 0) is 0 Å². The Labute approximate surface area is 67.4 Å². The Balaban J connectivity index is 2.80. The van der Waals surface area contributed by atoms with Crippen LogP contribution in [0.5, 0.6) is 0 Å². The van der Waals surface area contributed by atoms with Crippen LogP contribution in [-0.2, 0) is 0 Å². The average molecular weight is 152 g/mol. The van der Waals surface area contributed by atoms with Gasteiger partial charge in [0.25, 0.3) is 0 Å². The van der Waals surface area contributed by atoms with Crippen LogP contribution in [0.2, 0.25) is 0 Å². The van der Waals surface area contributed by atoms with Crippen molar-refractivity contribution in [2.75, 3.05) is 21.1 Å². The van der Waals surface area contributed by atoms with E-state index in [-0.39, 0.29) is 0 Å². The highest BCUT2D eigenvalue weighted by molar-refractivity contribution is 6.50. The number of rotatable bonds is 2. The molecule has 5 heteroatoms. The summed E-state index contributed by atoms with van der Waals surface area (Å²) in [6.07, 6.45) is 0. The summed E-state index contributed by atoms with van der Waals surface area (Å²) in [6, 6.07) is 0. The normalized spacial score (nSPS) is 15.7. The van der Waals surface area contributed by atoms with E-state index in [2.05, 4.69) is 20.9 Å². The summed E-state index contributed by atoms with van der Waals surface area (Å²) in [5.41, 5.74) is 2.20. The van der Waals surface area contributed by atoms with Crippen molar-refractivity contribution in [3.8, 4) is 0 Å². The van der Waals surface area contributed by atoms with Gasteiger partial charge >= 0.3 is 7.41 Å². The van der Waals surface area contributed by atoms with Gasteiger partial charge in [-0.2, -0.15) is 0 Å². The lowest BCUT2D eigenvalue weighted by molar-refractivity contribution is 0.962. The molecule has 60 valence electrons. The van der Waals surface area contributed by atoms with Crippen LogP contribution in [0.4, 0.5) is 0 Å². The maximum Gasteiger partial charge on any atom is 0.317 e. The van der Waals surface area contributed by atoms with Gasteiger partial charge in [-0.25, -0.2) is 0 Å². The summed E-state index contributed by atoms with van der Waals surface area (Å²) in [5.74, 6) is 0.928. The van der Waals surface area contributed by atoms with E-state index in [9.17, 15) is 0 Å². The maximum atomic E-state index is 4.27. The van der Waals surface area contributed by atoms with Crippen LogP contribution in [0, 0.1) is 0 Å². The van der Waals surface area contributed by atoms with Crippen molar-refractivity contribution < 1.29 is 0 Å². The van der Waals surface area contributed by atoms with Crippen LogP contribution in [0.25, 0.3) is 0 Å². The number of likely N-dealkylation sites (N-methyl/N-ethyl adjacent to an activating group) is 2. The van der Waals surface area contributed by atoms with Crippen LogP contribution in [-0.4, -0.2) is 34.4 Å². The molecule has 3 N–H and O–H groups in total. The zero-order valence-electron chi connectivity index (χ0n) is 7.15. The van der Waals surface area contributed by atoms with Gasteiger partial charge in [-0.15, -0.1) is 0 Å². The van der Waals surface area contributed by atoms with E-state index in [1.807, 2.05) is 21.1 Å². The molecule has 4 nitrogen and oxygen atoms in total. The van der Waals surface area contributed by atoms with Crippen LogP contribution in [0.1, 0.15) is 0 Å². The average Bonchev–Trinajstić information content (AvgIpc) is 2.45. The van der Waals surface area contributed by atoms with Gasteiger partial charge in [-0.3, -0.25) is 0 Å². The Morgan fingerprint density at radius 2 is 1.82 bits per heavy atom. The minimum Gasteiger partial charge on any atom is -0.395 e. The van der Waals surface area contributed by atoms with E-state index in [0.29, 0.717) is 0 Å². The summed E-state index contributed by atoms with van der Waals surface area (Å²) in [5, 5.41) is 9.20. The molecule has 0 saturated carbocycles. The molecular weight excluding hydrogens is 139 g/mol. The lowest BCUT2D eigenvalue weighted by atomic mass is 9.92. The minimum absolute atomic E-state index is 0.739. The molecule has 0 amide bonds. The zero-order valence-corrected chi connectivity index (χ0v) is 7.15. The Kier molecular flexibility index (Phi) is 2.41. The zero-order chi connectivity index (χ0) is 8.27. The van der Waals surface area contributed by atoms with E-state index in [1.54, 1.807) is 0 Å². The van der Waals surface area contributed by atoms with Crippen LogP contribution in [0.3, 0.4) is 0 Å². The first-order valence-corrected chi connectivity index (χ1v) is 3.64. The van der Waals surface area contributed by atoms with Gasteiger partial charge in [0.2, 0.25) is 0 Å². The Hall–Kier alpha value is -1.13. The second-order valence-corrected chi connectivity index (χ2v) is 2.27. The SMILES string of the molecule is CNC1=NBC(NC)=C1NC. The van der Waals surface area contributed by atoms with E-state index in [0.717, 1.165) is 24.5 Å². The third-order valence-electron chi connectivity index (χ3n) is 1.72. The summed E-state index contributed by atoms with van der Waals surface area (Å²) in [4.78, 5) is 4.27. The van der Waals surface area contributed by atoms with Crippen molar-refractivity contribution in [1.29, 1.82) is 0 Å². The number of amidine groups is 1. The predicted molar refractivity (Wildman–Crippen MR) is 48.8 cm³/mol. The van der Waals surface area contributed by atoms with Crippen molar-refractivity contribution >= 4 is 13.3 Å². The van der Waals surface area contributed by atoms with Gasteiger partial charge in [0.15, 0.2) is 0 Å². The molecule has 1 aliphatic heterocycles. The van der Waals surface area contributed by atoms with Gasteiger partial charge in [0, 0.05) is 26.7 Å². The van der Waals surface area contributed by atoms with E-state index in [4.69, 9.17) is 0 Å². The summed E-state index contributed by atoms with van der Waals surface area (Å²) in [7, 11) is 6.41. The molecule has 1 aliphatic rings. The van der Waals surface area contributed by atoms with E-state index < -0.39 is 0 Å². The number of nitrogens with zero attached hydrogens (tertiary/aromatic N) is 1. The van der Waals surface area contributed by atoms with Crippen molar-refractivity contribution in [3.63, 3.8) is 0 Å². The fourth-order valence-corrected chi connectivity index (χ4v) is 1.14. The highest BCUT2D eigenvalue weighted by Gasteiger charge is 2.16. The number of hydrogen-bond acceptors (Lipinski definition) is 4. The standard InChI is InChI=1S/C6H13BN4/c1-8-4-5(9-2)7-11-6(4)10-3/h7-9H,1-3H3,(H,10,11). The van der Waals surface area contributed by atoms with E-state index in [1.165, 1.54) is 0 Å². The summed E-state index contributed by atoms with van der Waals surface area (Å²) < 4.78 is 0. The molecule has 0 aromatic heterocycles. The Bertz CT molecular complexity index is 209. The highest BCUT2D eigenvalue weighted by Crippen LogP contribution is 2.04. The highest BCUT2D eigenvalue weighted by atomic mass is 15.1. The van der Waals surface area contributed by atoms with Crippen molar-refractivity contribution in [2.45, 2.75) is 0 Å². The van der Waals surface area contributed by atoms with Crippen LogP contribution in [0.15, 0.2) is 16.2 Å². The Morgan fingerprint density at radius 3 is 2.27 bits per heavy atom. The third-order valence-corrected chi connectivity index (χ3v) is 1.72. The molecular formula is C6H13BN4. The van der Waals surface area contributed by atoms with E-state index >= 15 is 0 Å². The van der Waals surface area contributed by atoms with Crippen molar-refractivity contribution in [1.82, 2.24) is 16.0 Å². The molecule has 0 radical (unpaired) electrons. The fraction of sp³-hybridized carbons (Fsp3) is 0.500. The predicted octanol–water partition coefficient (Wildman–Crippen LogP) is -1.42. The topological polar surface area (TPSA) is 48.5 Å². The second kappa shape index (κ2) is 3.32. The first kappa shape index (κ1) is 7.98. The molecule has 0 spiro atoms. The van der Waals surface area contributed by atoms with Crippen LogP contribution >= 0.6 is 0 Å². The quantitative estimate of drug-likeness (QED) is 0.425. The van der Waals surface area contributed by atoms with Crippen LogP contribution < -0.4 is 16.0 Å². The summed E-state index contributed by atoms with van der Waals surface area (Å²) in [6.45, 7) is 0. The number of nitrogens with one attached hydrogen (secondary N) is 3. The maximum absolute atomic E-state index is 4.27. The monoisotopic (exact) mass is 152 g/mol. The first-order chi connectivity index (χ1) is 5.33. The first-order valence-electron chi connectivity index (χ1n) is 3.64. The largest absolute Gasteiger partial charge is 0.395 e. The van der Waals surface area contributed by atoms with Gasteiger partial charge in [0.1, 0.15) is 5.84 Å². The molecule has 1 heterocycles. The fourth-order valence-electron chi connectivity index (χ4n) is 1.14. The molecule has 11 heavy (non-hydrogen) atoms.